The van der Waals surface area contributed by atoms with E-state index in [4.69, 9.17) is 96.6 Å². The van der Waals surface area contributed by atoms with Crippen LogP contribution in [-0.4, -0.2) is 140 Å². The van der Waals surface area contributed by atoms with Crippen LogP contribution in [0.4, 0.5) is 0 Å². The summed E-state index contributed by atoms with van der Waals surface area (Å²) < 4.78 is 56.7. The van der Waals surface area contributed by atoms with Crippen LogP contribution in [0, 0.1) is 0 Å². The van der Waals surface area contributed by atoms with Crippen LogP contribution in [-0.2, 0) is 28.8 Å². The van der Waals surface area contributed by atoms with Gasteiger partial charge in [-0.2, -0.15) is 0 Å². The van der Waals surface area contributed by atoms with Gasteiger partial charge >= 0.3 is 0 Å². The van der Waals surface area contributed by atoms with E-state index in [1.807, 2.05) is 0 Å². The van der Waals surface area contributed by atoms with E-state index < -0.39 is 97.6 Å². The molecule has 0 saturated heterocycles. The molecule has 129 heavy (non-hydrogen) atoms. The summed E-state index contributed by atoms with van der Waals surface area (Å²) in [4.78, 5) is 216. The summed E-state index contributed by atoms with van der Waals surface area (Å²) in [5, 5.41) is -0.814. The summed E-state index contributed by atoms with van der Waals surface area (Å²) in [6.45, 7) is 0. The molecule has 0 bridgehead atoms. The highest BCUT2D eigenvalue weighted by Crippen LogP contribution is 2.40. The Morgan fingerprint density at radius 2 is 0.535 bits per heavy atom. The van der Waals surface area contributed by atoms with E-state index in [0.29, 0.717) is 66.6 Å². The molecule has 0 fully saturated rings. The summed E-state index contributed by atoms with van der Waals surface area (Å²) in [6, 6.07) is 40.5. The molecular formula is C95H53BrCl4O29. The summed E-state index contributed by atoms with van der Waals surface area (Å²) in [5.74, 6) is -7.93. The van der Waals surface area contributed by atoms with Gasteiger partial charge in [0.15, 0.2) is 52.0 Å². The van der Waals surface area contributed by atoms with Crippen molar-refractivity contribution in [1.82, 2.24) is 0 Å². The fourth-order valence-corrected chi connectivity index (χ4v) is 14.2. The number of ether oxygens (including phenoxy) is 5. The lowest BCUT2D eigenvalue weighted by Gasteiger charge is -2.10. The predicted octanol–water partition coefficient (Wildman–Crippen LogP) is 16.8. The van der Waals surface area contributed by atoms with Gasteiger partial charge < -0.3 is 50.2 Å². The van der Waals surface area contributed by atoms with E-state index in [-0.39, 0.29) is 128 Å². The first-order chi connectivity index (χ1) is 61.8. The van der Waals surface area contributed by atoms with Crippen LogP contribution in [0.25, 0.3) is 32.8 Å². The topological polar surface area (TPSA) is 432 Å². The second-order valence-corrected chi connectivity index (χ2v) is 29.5. The molecule has 6 aliphatic carbocycles. The van der Waals surface area contributed by atoms with Crippen molar-refractivity contribution in [3.63, 3.8) is 0 Å². The third-order valence-electron chi connectivity index (χ3n) is 19.6. The first-order valence-corrected chi connectivity index (χ1v) is 39.4. The van der Waals surface area contributed by atoms with Crippen LogP contribution >= 0.6 is 62.3 Å². The van der Waals surface area contributed by atoms with Crippen LogP contribution in [0.3, 0.4) is 0 Å². The number of ketones is 18. The molecule has 0 spiro atoms. The number of carbonyl (C=O) groups is 18. The lowest BCUT2D eigenvalue weighted by Crippen LogP contribution is -2.22. The Labute approximate surface area is 753 Å². The lowest BCUT2D eigenvalue weighted by atomic mass is 9.93. The molecule has 0 radical (unpaired) electrons. The highest BCUT2D eigenvalue weighted by atomic mass is 79.9. The maximum atomic E-state index is 12.6. The fraction of sp³-hybridized carbons (Fsp3) is 0.0526. The number of fused-ring (bicyclic) bond motifs is 6. The zero-order valence-corrected chi connectivity index (χ0v) is 71.3. The van der Waals surface area contributed by atoms with Gasteiger partial charge in [-0.25, -0.2) is 0 Å². The Hall–Kier alpha value is -15.9. The zero-order chi connectivity index (χ0) is 92.7. The Kier molecular flexibility index (Phi) is 27.3. The highest BCUT2D eigenvalue weighted by molar-refractivity contribution is 9.15. The number of hydrogen-bond donors (Lipinski definition) is 0. The minimum absolute atomic E-state index is 0.000179. The second-order valence-electron chi connectivity index (χ2n) is 27.1. The average molecular weight is 1880 g/mol. The van der Waals surface area contributed by atoms with Crippen molar-refractivity contribution >= 4 is 199 Å². The molecule has 0 N–H and O–H groups in total. The predicted molar refractivity (Wildman–Crippen MR) is 462 cm³/mol. The van der Waals surface area contributed by atoms with Crippen LogP contribution in [0.2, 0.25) is 0 Å². The Balaban J connectivity index is 0.000000132. The molecule has 0 amide bonds. The molecule has 6 aliphatic rings. The molecule has 0 unspecified atom stereocenters. The van der Waals surface area contributed by atoms with Crippen LogP contribution in [0.1, 0.15) is 192 Å². The van der Waals surface area contributed by atoms with E-state index in [2.05, 4.69) is 15.9 Å². The van der Waals surface area contributed by atoms with Gasteiger partial charge in [-0.05, 0) is 162 Å². The van der Waals surface area contributed by atoms with Crippen molar-refractivity contribution in [2.45, 2.75) is 0 Å². The molecule has 6 aromatic heterocycles. The van der Waals surface area contributed by atoms with Crippen LogP contribution in [0.5, 0.6) is 28.7 Å². The lowest BCUT2D eigenvalue weighted by molar-refractivity contribution is -0.111. The van der Waals surface area contributed by atoms with E-state index in [1.54, 1.807) is 152 Å². The minimum atomic E-state index is -0.964. The second kappa shape index (κ2) is 38.7. The van der Waals surface area contributed by atoms with Gasteiger partial charge in [0.25, 0.3) is 0 Å². The number of carbonyl (C=O) groups excluding carboxylic acids is 18. The maximum absolute atomic E-state index is 12.6. The molecular weight excluding hydrogens is 1830 g/mol. The maximum Gasteiger partial charge on any atom is 0.246 e. The van der Waals surface area contributed by atoms with Gasteiger partial charge in [-0.1, -0.05) is 76.7 Å². The quantitative estimate of drug-likeness (QED) is 0.0603. The molecule has 6 heterocycles. The first kappa shape index (κ1) is 90.9. The minimum Gasteiger partial charge on any atom is -0.497 e. The summed E-state index contributed by atoms with van der Waals surface area (Å²) in [7, 11) is 7.59. The number of methoxy groups -OCH3 is 5. The third kappa shape index (κ3) is 18.4. The summed E-state index contributed by atoms with van der Waals surface area (Å²) in [5.41, 5.74) is 2.32. The van der Waals surface area contributed by atoms with Crippen molar-refractivity contribution in [3.8, 4) is 28.7 Å². The molecule has 6 aromatic carbocycles. The number of Topliss-reactive ketones (excluding diaryl/α,β-unsaturated/α-hetero) is 8. The first-order valence-electron chi connectivity index (χ1n) is 37.1. The molecule has 642 valence electrons. The van der Waals surface area contributed by atoms with Crippen molar-refractivity contribution < 1.29 is 136 Å². The molecule has 0 atom stereocenters. The number of halogens is 5. The third-order valence-corrected chi connectivity index (χ3v) is 21.5. The fourth-order valence-electron chi connectivity index (χ4n) is 12.9. The van der Waals surface area contributed by atoms with Gasteiger partial charge in [-0.3, -0.25) is 86.3 Å². The van der Waals surface area contributed by atoms with Crippen molar-refractivity contribution in [3.05, 3.63) is 358 Å². The van der Waals surface area contributed by atoms with Gasteiger partial charge in [0.05, 0.1) is 117 Å². The number of rotatable bonds is 17. The van der Waals surface area contributed by atoms with E-state index in [1.165, 1.54) is 72.6 Å². The van der Waals surface area contributed by atoms with E-state index in [0.717, 1.165) is 43.1 Å². The normalized spacial score (nSPS) is 13.6. The van der Waals surface area contributed by atoms with Crippen molar-refractivity contribution in [1.29, 1.82) is 0 Å². The molecule has 34 heteroatoms. The van der Waals surface area contributed by atoms with Gasteiger partial charge in [0.1, 0.15) is 93.7 Å². The summed E-state index contributed by atoms with van der Waals surface area (Å²) >= 11 is 26.3. The highest BCUT2D eigenvalue weighted by Gasteiger charge is 2.41. The number of hydrogen-bond acceptors (Lipinski definition) is 29. The largest absolute Gasteiger partial charge is 0.497 e. The molecule has 0 aliphatic heterocycles. The number of benzene rings is 6. The molecule has 18 rings (SSSR count). The average Bonchev–Trinajstić information content (AvgIpc) is 1.65. The molecule has 0 saturated carbocycles. The van der Waals surface area contributed by atoms with Gasteiger partial charge in [-0.15, -0.1) is 0 Å². The van der Waals surface area contributed by atoms with Gasteiger partial charge in [0.2, 0.25) is 69.4 Å². The standard InChI is InChI=1S/C16H9BrO5.C16H8Cl2O5.2C16H9ClO5.C16H10O5.C15H8O4/c1-21-9-4-2-8(3-5-9)14(19)10-7-22-16-11(17)6-12(18)15(20)13(10)16;1-22-8-4-2-7(3-5-8)13(19)9-6-23-16-10(9)14(20)15(21)11(17)12(16)18;1-21-9-4-2-8(3-5-9)14(19)10-7-22-16-11(17)6-12(18)15(20)13(10)16;1-21-9-4-2-8(3-5-9)14(18)10-7-22-12-6-11(17)15(19)16(20)13(10)12;1-20-10-4-2-9(3-5-10)15(18)11-8-21-13-7-6-12(17)16(19)14(11)13;16-11-6-7-12-13(15(11)18)10(8-19-12)14(17)9-4-2-1-3-5-9/h2-7H,1H3;2-6H,1H3;2*2-7H,1H3;2-8H,1H3;1-8H. The van der Waals surface area contributed by atoms with Crippen molar-refractivity contribution in [2.24, 2.45) is 0 Å². The van der Waals surface area contributed by atoms with Crippen molar-refractivity contribution in [2.75, 3.05) is 35.5 Å². The monoisotopic (exact) mass is 1880 g/mol. The van der Waals surface area contributed by atoms with Crippen LogP contribution < -0.4 is 23.7 Å². The Morgan fingerprint density at radius 1 is 0.256 bits per heavy atom. The molecule has 12 aromatic rings. The SMILES string of the molecule is COc1ccc(C(=O)c2coc3c2C(=O)C(=O)C(Cl)=C3)cc1.COc1ccc(C(=O)c2coc3c2C(=O)C(=O)C(Cl)=C3Cl)cc1.COc1ccc(C(=O)c2coc3c2C(=O)C(=O)C=C3)cc1.COc1ccc(C(=O)c2coc3c2C(=O)C(=O)C=C3Br)cc1.COc1ccc(C(=O)c2coc3c2C(=O)C(=O)C=C3Cl)cc1.O=C1C=Cc2occ(C(=O)c3ccccc3)c2C1=O. The summed E-state index contributed by atoms with van der Waals surface area (Å²) in [6.07, 6.45) is 15.5. The smallest absolute Gasteiger partial charge is 0.246 e. The Bertz CT molecular complexity index is 6880. The van der Waals surface area contributed by atoms with E-state index in [9.17, 15) is 86.3 Å². The van der Waals surface area contributed by atoms with Gasteiger partial charge in [0, 0.05) is 51.6 Å². The molecule has 29 nitrogen and oxygen atoms in total. The number of furan rings is 6. The zero-order valence-electron chi connectivity index (χ0n) is 66.7. The number of allylic oxidation sites excluding steroid dienone is 6. The Morgan fingerprint density at radius 3 is 0.899 bits per heavy atom. The van der Waals surface area contributed by atoms with Crippen LogP contribution in [0.15, 0.2) is 250 Å². The van der Waals surface area contributed by atoms with E-state index >= 15 is 0 Å².